The summed E-state index contributed by atoms with van der Waals surface area (Å²) in [6, 6.07) is 0.479. The summed E-state index contributed by atoms with van der Waals surface area (Å²) in [5.41, 5.74) is -0.483. The zero-order valence-corrected chi connectivity index (χ0v) is 11.6. The van der Waals surface area contributed by atoms with Gasteiger partial charge in [0.15, 0.2) is 0 Å². The van der Waals surface area contributed by atoms with Crippen molar-refractivity contribution in [3.63, 3.8) is 0 Å². The van der Waals surface area contributed by atoms with E-state index in [-0.39, 0.29) is 0 Å². The van der Waals surface area contributed by atoms with Crippen molar-refractivity contribution >= 4 is 5.97 Å². The molecule has 3 aliphatic rings. The molecule has 0 spiro atoms. The predicted molar refractivity (Wildman–Crippen MR) is 72.1 cm³/mol. The van der Waals surface area contributed by atoms with Crippen molar-refractivity contribution in [3.8, 4) is 0 Å². The highest BCUT2D eigenvalue weighted by molar-refractivity contribution is 5.75. The third-order valence-electron chi connectivity index (χ3n) is 5.37. The number of ether oxygens (including phenoxy) is 1. The van der Waals surface area contributed by atoms with Crippen LogP contribution in [-0.4, -0.2) is 47.8 Å². The van der Waals surface area contributed by atoms with E-state index in [4.69, 9.17) is 4.74 Å². The van der Waals surface area contributed by atoms with Gasteiger partial charge >= 0.3 is 5.97 Å². The van der Waals surface area contributed by atoms with Crippen LogP contribution in [0.1, 0.15) is 51.4 Å². The van der Waals surface area contributed by atoms with Gasteiger partial charge in [-0.2, -0.15) is 0 Å². The summed E-state index contributed by atoms with van der Waals surface area (Å²) < 4.78 is 5.83. The summed E-state index contributed by atoms with van der Waals surface area (Å²) in [5, 5.41) is 9.70. The van der Waals surface area contributed by atoms with Crippen molar-refractivity contribution in [1.29, 1.82) is 0 Å². The Hall–Kier alpha value is -0.610. The number of fused-ring (bicyclic) bond motifs is 1. The summed E-state index contributed by atoms with van der Waals surface area (Å²) in [4.78, 5) is 14.2. The van der Waals surface area contributed by atoms with Gasteiger partial charge < -0.3 is 9.84 Å². The van der Waals surface area contributed by atoms with Crippen molar-refractivity contribution in [2.75, 3.05) is 19.7 Å². The first kappa shape index (κ1) is 13.4. The van der Waals surface area contributed by atoms with Gasteiger partial charge in [-0.15, -0.1) is 0 Å². The lowest BCUT2D eigenvalue weighted by atomic mass is 9.73. The highest BCUT2D eigenvalue weighted by Crippen LogP contribution is 2.40. The number of aliphatic carboxylic acids is 1. The van der Waals surface area contributed by atoms with Crippen LogP contribution >= 0.6 is 0 Å². The Morgan fingerprint density at radius 3 is 2.74 bits per heavy atom. The fraction of sp³-hybridized carbons (Fsp3) is 0.933. The van der Waals surface area contributed by atoms with Crippen molar-refractivity contribution < 1.29 is 14.6 Å². The number of carboxylic acids is 1. The molecule has 2 saturated carbocycles. The summed E-state index contributed by atoms with van der Waals surface area (Å²) in [5.74, 6) is -0.576. The van der Waals surface area contributed by atoms with E-state index in [2.05, 4.69) is 4.90 Å². The first-order valence-corrected chi connectivity index (χ1v) is 7.80. The van der Waals surface area contributed by atoms with Crippen LogP contribution in [0.2, 0.25) is 0 Å². The van der Waals surface area contributed by atoms with E-state index in [1.807, 2.05) is 0 Å². The van der Waals surface area contributed by atoms with Crippen LogP contribution in [0.5, 0.6) is 0 Å². The number of hydrogen-bond donors (Lipinski definition) is 1. The minimum atomic E-state index is -0.576. The fourth-order valence-corrected chi connectivity index (χ4v) is 4.26. The van der Waals surface area contributed by atoms with Gasteiger partial charge in [0.25, 0.3) is 0 Å². The van der Waals surface area contributed by atoms with Crippen LogP contribution in [0.25, 0.3) is 0 Å². The summed E-state index contributed by atoms with van der Waals surface area (Å²) in [6.45, 7) is 2.43. The molecule has 19 heavy (non-hydrogen) atoms. The molecule has 1 aliphatic heterocycles. The van der Waals surface area contributed by atoms with Crippen molar-refractivity contribution in [1.82, 2.24) is 4.90 Å². The number of nitrogens with zero attached hydrogens (tertiary/aromatic N) is 1. The van der Waals surface area contributed by atoms with Gasteiger partial charge in [0.1, 0.15) is 0 Å². The molecule has 0 aromatic heterocycles. The third kappa shape index (κ3) is 2.52. The Labute approximate surface area is 115 Å². The molecule has 2 unspecified atom stereocenters. The molecular formula is C15H25NO3. The van der Waals surface area contributed by atoms with E-state index in [9.17, 15) is 9.90 Å². The van der Waals surface area contributed by atoms with Crippen LogP contribution < -0.4 is 0 Å². The highest BCUT2D eigenvalue weighted by Gasteiger charge is 2.45. The number of carboxylic acid groups (broad SMARTS) is 1. The molecule has 2 atom stereocenters. The molecule has 108 valence electrons. The minimum absolute atomic E-state index is 0.364. The smallest absolute Gasteiger partial charge is 0.310 e. The molecule has 0 aromatic rings. The largest absolute Gasteiger partial charge is 0.481 e. The van der Waals surface area contributed by atoms with Crippen molar-refractivity contribution in [3.05, 3.63) is 0 Å². The molecule has 1 heterocycles. The molecule has 3 fully saturated rings. The van der Waals surface area contributed by atoms with E-state index < -0.39 is 11.4 Å². The van der Waals surface area contributed by atoms with Gasteiger partial charge in [-0.05, 0) is 32.1 Å². The second kappa shape index (κ2) is 5.41. The first-order chi connectivity index (χ1) is 9.21. The maximum absolute atomic E-state index is 11.8. The Bertz CT molecular complexity index is 338. The van der Waals surface area contributed by atoms with Gasteiger partial charge in [0.05, 0.1) is 18.1 Å². The van der Waals surface area contributed by atoms with Crippen LogP contribution in [0.3, 0.4) is 0 Å². The molecule has 0 amide bonds. The van der Waals surface area contributed by atoms with E-state index >= 15 is 0 Å². The normalized spacial score (nSPS) is 34.9. The predicted octanol–water partition coefficient (Wildman–Crippen LogP) is 2.27. The number of carbonyl (C=O) groups is 1. The Kier molecular flexibility index (Phi) is 3.81. The fourth-order valence-electron chi connectivity index (χ4n) is 4.26. The van der Waals surface area contributed by atoms with E-state index in [0.717, 1.165) is 51.8 Å². The summed E-state index contributed by atoms with van der Waals surface area (Å²) in [6.07, 6.45) is 8.99. The van der Waals surface area contributed by atoms with E-state index in [0.29, 0.717) is 12.1 Å². The first-order valence-electron chi connectivity index (χ1n) is 7.80. The molecular weight excluding hydrogens is 242 g/mol. The van der Waals surface area contributed by atoms with Crippen molar-refractivity contribution in [2.45, 2.75) is 63.5 Å². The maximum atomic E-state index is 11.8. The van der Waals surface area contributed by atoms with Crippen LogP contribution in [0.4, 0.5) is 0 Å². The lowest BCUT2D eigenvalue weighted by molar-refractivity contribution is -0.155. The molecule has 2 aliphatic carbocycles. The maximum Gasteiger partial charge on any atom is 0.310 e. The number of rotatable bonds is 3. The standard InChI is InChI=1S/C15H25NO3/c17-14(18)15(7-2-1-3-8-15)11-16-9-10-19-13-6-4-5-12(13)16/h12-13H,1-11H2,(H,17,18). The average Bonchev–Trinajstić information content (AvgIpc) is 2.89. The highest BCUT2D eigenvalue weighted by atomic mass is 16.5. The molecule has 1 N–H and O–H groups in total. The summed E-state index contributed by atoms with van der Waals surface area (Å²) >= 11 is 0. The third-order valence-corrected chi connectivity index (χ3v) is 5.37. The van der Waals surface area contributed by atoms with Crippen LogP contribution in [-0.2, 0) is 9.53 Å². The zero-order chi connectivity index (χ0) is 13.3. The SMILES string of the molecule is O=C(O)C1(CN2CCOC3CCCC32)CCCCC1. The molecule has 0 bridgehead atoms. The minimum Gasteiger partial charge on any atom is -0.481 e. The van der Waals surface area contributed by atoms with Crippen LogP contribution in [0, 0.1) is 5.41 Å². The Morgan fingerprint density at radius 2 is 2.00 bits per heavy atom. The molecule has 0 radical (unpaired) electrons. The van der Waals surface area contributed by atoms with Gasteiger partial charge in [-0.25, -0.2) is 0 Å². The Morgan fingerprint density at radius 1 is 1.21 bits per heavy atom. The quantitative estimate of drug-likeness (QED) is 0.852. The monoisotopic (exact) mass is 267 g/mol. The van der Waals surface area contributed by atoms with Gasteiger partial charge in [-0.1, -0.05) is 19.3 Å². The van der Waals surface area contributed by atoms with Crippen LogP contribution in [0.15, 0.2) is 0 Å². The zero-order valence-electron chi connectivity index (χ0n) is 11.6. The van der Waals surface area contributed by atoms with Gasteiger partial charge in [-0.3, -0.25) is 9.69 Å². The Balaban J connectivity index is 1.72. The molecule has 4 heteroatoms. The van der Waals surface area contributed by atoms with Gasteiger partial charge in [0, 0.05) is 19.1 Å². The molecule has 0 aromatic carbocycles. The summed E-state index contributed by atoms with van der Waals surface area (Å²) in [7, 11) is 0. The number of morpholine rings is 1. The number of hydrogen-bond acceptors (Lipinski definition) is 3. The van der Waals surface area contributed by atoms with Crippen molar-refractivity contribution in [2.24, 2.45) is 5.41 Å². The van der Waals surface area contributed by atoms with Gasteiger partial charge in [0.2, 0.25) is 0 Å². The molecule has 1 saturated heterocycles. The van der Waals surface area contributed by atoms with E-state index in [1.165, 1.54) is 19.3 Å². The second-order valence-corrected chi connectivity index (χ2v) is 6.52. The lowest BCUT2D eigenvalue weighted by Gasteiger charge is -2.44. The topological polar surface area (TPSA) is 49.8 Å². The average molecular weight is 267 g/mol. The second-order valence-electron chi connectivity index (χ2n) is 6.52. The molecule has 3 rings (SSSR count). The van der Waals surface area contributed by atoms with E-state index in [1.54, 1.807) is 0 Å². The lowest BCUT2D eigenvalue weighted by Crippen LogP contribution is -2.54. The molecule has 4 nitrogen and oxygen atoms in total.